The minimum absolute atomic E-state index is 0.139. The van der Waals surface area contributed by atoms with Gasteiger partial charge >= 0.3 is 0 Å². The van der Waals surface area contributed by atoms with Crippen molar-refractivity contribution in [3.05, 3.63) is 12.1 Å². The van der Waals surface area contributed by atoms with E-state index in [9.17, 15) is 4.57 Å². The van der Waals surface area contributed by atoms with Crippen LogP contribution in [0.5, 0.6) is 0 Å². The quantitative estimate of drug-likeness (QED) is 0.391. The second-order valence-corrected chi connectivity index (χ2v) is 1.37. The Bertz CT molecular complexity index is 69.2. The minimum Gasteiger partial charge on any atom is -0.490 e. The van der Waals surface area contributed by atoms with E-state index in [1.54, 1.807) is 0 Å². The fourth-order valence-electron chi connectivity index (χ4n) is 0.0373. The molecule has 0 aromatic rings. The molecule has 0 saturated heterocycles. The molecule has 0 amide bonds. The third-order valence-electron chi connectivity index (χ3n) is 0.337. The van der Waals surface area contributed by atoms with Gasteiger partial charge in [0, 0.05) is 0 Å². The molecule has 0 saturated carbocycles. The molecule has 0 aliphatic carbocycles. The zero-order chi connectivity index (χ0) is 4.99. The molecule has 0 heterocycles. The van der Waals surface area contributed by atoms with Crippen molar-refractivity contribution in [1.82, 2.24) is 0 Å². The standard InChI is InChI=1S/C3H5O2P/c1-3(5-2)6-4/h1H2,2H3. The van der Waals surface area contributed by atoms with Crippen LogP contribution in [0.3, 0.4) is 0 Å². The van der Waals surface area contributed by atoms with E-state index < -0.39 is 0 Å². The van der Waals surface area contributed by atoms with Crippen LogP contribution in [0.1, 0.15) is 0 Å². The van der Waals surface area contributed by atoms with Gasteiger partial charge in [-0.3, -0.25) is 4.57 Å². The lowest BCUT2D eigenvalue weighted by Crippen LogP contribution is -1.67. The van der Waals surface area contributed by atoms with Gasteiger partial charge in [-0.1, -0.05) is 0 Å². The van der Waals surface area contributed by atoms with Crippen LogP contribution in [0.15, 0.2) is 12.1 Å². The van der Waals surface area contributed by atoms with Gasteiger partial charge in [-0.05, 0) is 6.58 Å². The van der Waals surface area contributed by atoms with Crippen molar-refractivity contribution in [2.75, 3.05) is 7.11 Å². The Labute approximate surface area is 38.0 Å². The van der Waals surface area contributed by atoms with E-state index in [-0.39, 0.29) is 14.0 Å². The fraction of sp³-hybridized carbons (Fsp3) is 0.333. The number of hydrogen-bond donors (Lipinski definition) is 0. The number of ether oxygens (including phenoxy) is 1. The SMILES string of the molecule is C=C(OC)P=O. The Morgan fingerprint density at radius 1 is 2.00 bits per heavy atom. The molecule has 6 heavy (non-hydrogen) atoms. The molecule has 3 heteroatoms. The van der Waals surface area contributed by atoms with E-state index in [2.05, 4.69) is 11.3 Å². The van der Waals surface area contributed by atoms with Gasteiger partial charge in [0.2, 0.25) is 8.46 Å². The monoisotopic (exact) mass is 104 g/mol. The normalized spacial score (nSPS) is 8.17. The van der Waals surface area contributed by atoms with Gasteiger partial charge in [-0.15, -0.1) is 0 Å². The average molecular weight is 104 g/mol. The highest BCUT2D eigenvalue weighted by Crippen LogP contribution is 2.06. The fourth-order valence-corrected chi connectivity index (χ4v) is 0.112. The zero-order valence-electron chi connectivity index (χ0n) is 3.47. The molecular formula is C3H5O2P. The first-order valence-electron chi connectivity index (χ1n) is 1.37. The molecule has 0 radical (unpaired) electrons. The van der Waals surface area contributed by atoms with Crippen LogP contribution in [-0.4, -0.2) is 7.11 Å². The summed E-state index contributed by atoms with van der Waals surface area (Å²) >= 11 is 0. The van der Waals surface area contributed by atoms with Gasteiger partial charge in [0.15, 0.2) is 5.50 Å². The molecule has 0 atom stereocenters. The van der Waals surface area contributed by atoms with Crippen molar-refractivity contribution in [2.24, 2.45) is 0 Å². The molecule has 0 aliphatic heterocycles. The van der Waals surface area contributed by atoms with Gasteiger partial charge in [-0.25, -0.2) is 0 Å². The first-order valence-corrected chi connectivity index (χ1v) is 2.18. The van der Waals surface area contributed by atoms with E-state index in [0.29, 0.717) is 0 Å². The summed E-state index contributed by atoms with van der Waals surface area (Å²) in [5, 5.41) is 0. The predicted molar refractivity (Wildman–Crippen MR) is 23.8 cm³/mol. The third-order valence-corrected chi connectivity index (χ3v) is 0.724. The summed E-state index contributed by atoms with van der Waals surface area (Å²) in [5.74, 6) is 0. The highest BCUT2D eigenvalue weighted by atomic mass is 31.1. The summed E-state index contributed by atoms with van der Waals surface area (Å²) in [6.07, 6.45) is 0. The molecule has 0 N–H and O–H groups in total. The van der Waals surface area contributed by atoms with E-state index in [4.69, 9.17) is 0 Å². The molecule has 2 nitrogen and oxygen atoms in total. The predicted octanol–water partition coefficient (Wildman–Crippen LogP) is 1.40. The van der Waals surface area contributed by atoms with E-state index in [0.717, 1.165) is 0 Å². The lowest BCUT2D eigenvalue weighted by atomic mass is 11.1. The Morgan fingerprint density at radius 2 is 2.50 bits per heavy atom. The molecule has 0 bridgehead atoms. The highest BCUT2D eigenvalue weighted by Gasteiger charge is 1.80. The summed E-state index contributed by atoms with van der Waals surface area (Å²) in [6, 6.07) is 0. The van der Waals surface area contributed by atoms with Crippen LogP contribution < -0.4 is 0 Å². The maximum absolute atomic E-state index is 9.61. The van der Waals surface area contributed by atoms with Crippen LogP contribution >= 0.6 is 8.46 Å². The van der Waals surface area contributed by atoms with Gasteiger partial charge in [0.25, 0.3) is 0 Å². The van der Waals surface area contributed by atoms with Crippen molar-refractivity contribution in [2.45, 2.75) is 0 Å². The molecule has 0 aromatic carbocycles. The smallest absolute Gasteiger partial charge is 0.230 e. The Hall–Kier alpha value is -0.360. The molecule has 0 aliphatic rings. The maximum Gasteiger partial charge on any atom is 0.230 e. The maximum atomic E-state index is 9.61. The van der Waals surface area contributed by atoms with Crippen LogP contribution in [0.2, 0.25) is 0 Å². The van der Waals surface area contributed by atoms with Gasteiger partial charge in [-0.2, -0.15) is 0 Å². The van der Waals surface area contributed by atoms with Crippen molar-refractivity contribution < 1.29 is 9.30 Å². The van der Waals surface area contributed by atoms with Gasteiger partial charge < -0.3 is 4.74 Å². The second kappa shape index (κ2) is 2.86. The van der Waals surface area contributed by atoms with Crippen molar-refractivity contribution in [3.8, 4) is 0 Å². The highest BCUT2D eigenvalue weighted by molar-refractivity contribution is 7.28. The molecule has 34 valence electrons. The van der Waals surface area contributed by atoms with Gasteiger partial charge in [0.05, 0.1) is 7.11 Å². The van der Waals surface area contributed by atoms with Crippen LogP contribution in [0.4, 0.5) is 0 Å². The van der Waals surface area contributed by atoms with E-state index in [1.165, 1.54) is 7.11 Å². The zero-order valence-corrected chi connectivity index (χ0v) is 4.37. The Balaban J connectivity index is 3.23. The number of hydrogen-bond acceptors (Lipinski definition) is 2. The lowest BCUT2D eigenvalue weighted by Gasteiger charge is -1.85. The minimum atomic E-state index is -0.139. The summed E-state index contributed by atoms with van der Waals surface area (Å²) in [7, 11) is 1.29. The van der Waals surface area contributed by atoms with Crippen LogP contribution in [-0.2, 0) is 9.30 Å². The first-order chi connectivity index (χ1) is 2.81. The average Bonchev–Trinajstić information content (AvgIpc) is 1.65. The van der Waals surface area contributed by atoms with E-state index in [1.807, 2.05) is 0 Å². The molecule has 0 aromatic heterocycles. The van der Waals surface area contributed by atoms with Crippen molar-refractivity contribution >= 4 is 8.46 Å². The molecule has 0 spiro atoms. The topological polar surface area (TPSA) is 26.3 Å². The largest absolute Gasteiger partial charge is 0.490 e. The summed E-state index contributed by atoms with van der Waals surface area (Å²) in [4.78, 5) is 0. The molecule has 0 fully saturated rings. The van der Waals surface area contributed by atoms with Crippen molar-refractivity contribution in [3.63, 3.8) is 0 Å². The Morgan fingerprint density at radius 3 is 2.50 bits per heavy atom. The summed E-state index contributed by atoms with van der Waals surface area (Å²) in [6.45, 7) is 3.24. The number of rotatable bonds is 2. The molecule has 0 unspecified atom stereocenters. The first kappa shape index (κ1) is 5.64. The van der Waals surface area contributed by atoms with Gasteiger partial charge in [0.1, 0.15) is 0 Å². The number of methoxy groups -OCH3 is 1. The summed E-state index contributed by atoms with van der Waals surface area (Å²) < 4.78 is 14.0. The molecular weight excluding hydrogens is 99.0 g/mol. The van der Waals surface area contributed by atoms with Crippen LogP contribution in [0, 0.1) is 0 Å². The Kier molecular flexibility index (Phi) is 2.68. The lowest BCUT2D eigenvalue weighted by molar-refractivity contribution is 0.322. The third kappa shape index (κ3) is 1.91. The van der Waals surface area contributed by atoms with E-state index >= 15 is 0 Å². The molecule has 0 rings (SSSR count). The summed E-state index contributed by atoms with van der Waals surface area (Å²) in [5.41, 5.74) is 0.259. The van der Waals surface area contributed by atoms with Crippen molar-refractivity contribution in [1.29, 1.82) is 0 Å². The second-order valence-electron chi connectivity index (χ2n) is 0.689. The van der Waals surface area contributed by atoms with Crippen LogP contribution in [0.25, 0.3) is 0 Å².